The molecule has 0 saturated heterocycles. The third-order valence-corrected chi connectivity index (χ3v) is 2.11. The van der Waals surface area contributed by atoms with Crippen LogP contribution in [0.3, 0.4) is 0 Å². The Labute approximate surface area is 93.9 Å². The smallest absolute Gasteiger partial charge is 0.246 e. The molecule has 0 aliphatic carbocycles. The zero-order valence-electron chi connectivity index (χ0n) is 9.25. The van der Waals surface area contributed by atoms with E-state index in [2.05, 4.69) is 20.2 Å². The second kappa shape index (κ2) is 4.57. The van der Waals surface area contributed by atoms with Crippen molar-refractivity contribution in [1.29, 1.82) is 0 Å². The minimum absolute atomic E-state index is 0.511. The predicted octanol–water partition coefficient (Wildman–Crippen LogP) is 2.89. The predicted molar refractivity (Wildman–Crippen MR) is 63.5 cm³/mol. The average molecular weight is 215 g/mol. The summed E-state index contributed by atoms with van der Waals surface area (Å²) in [7, 11) is 4.00. The van der Waals surface area contributed by atoms with E-state index in [0.29, 0.717) is 5.95 Å². The Morgan fingerprint density at radius 3 is 2.44 bits per heavy atom. The highest BCUT2D eigenvalue weighted by atomic mass is 15.2. The molecule has 0 radical (unpaired) electrons. The van der Waals surface area contributed by atoms with Gasteiger partial charge in [-0.15, -0.1) is 10.2 Å². The summed E-state index contributed by atoms with van der Waals surface area (Å²) in [4.78, 5) is 8.85. The zero-order valence-corrected chi connectivity index (χ0v) is 9.25. The third kappa shape index (κ3) is 2.44. The van der Waals surface area contributed by atoms with Gasteiger partial charge in [-0.25, -0.2) is 4.98 Å². The molecule has 5 nitrogen and oxygen atoms in total. The fraction of sp³-hybridized carbons (Fsp3) is 0.182. The molecule has 0 bridgehead atoms. The van der Waals surface area contributed by atoms with Gasteiger partial charge in [0, 0.05) is 32.2 Å². The molecule has 0 spiro atoms. The van der Waals surface area contributed by atoms with Crippen LogP contribution in [-0.2, 0) is 0 Å². The third-order valence-electron chi connectivity index (χ3n) is 2.11. The highest BCUT2D eigenvalue weighted by molar-refractivity contribution is 5.51. The Kier molecular flexibility index (Phi) is 2.95. The molecule has 0 saturated carbocycles. The lowest BCUT2D eigenvalue weighted by molar-refractivity contribution is 1.11. The van der Waals surface area contributed by atoms with Gasteiger partial charge >= 0.3 is 0 Å². The monoisotopic (exact) mass is 215 g/mol. The normalized spacial score (nSPS) is 10.9. The van der Waals surface area contributed by atoms with Crippen molar-refractivity contribution >= 4 is 17.3 Å². The van der Waals surface area contributed by atoms with Crippen molar-refractivity contribution in [3.8, 4) is 0 Å². The van der Waals surface area contributed by atoms with Gasteiger partial charge in [-0.05, 0) is 24.3 Å². The number of anilines is 1. The summed E-state index contributed by atoms with van der Waals surface area (Å²) in [6, 6.07) is 7.83. The Morgan fingerprint density at radius 2 is 1.88 bits per heavy atom. The lowest BCUT2D eigenvalue weighted by atomic mass is 10.3. The quantitative estimate of drug-likeness (QED) is 0.800. The number of hydrogen-bond donors (Lipinski definition) is 1. The molecule has 0 unspecified atom stereocenters. The summed E-state index contributed by atoms with van der Waals surface area (Å²) < 4.78 is 0. The molecule has 1 aromatic heterocycles. The van der Waals surface area contributed by atoms with Crippen molar-refractivity contribution < 1.29 is 0 Å². The van der Waals surface area contributed by atoms with E-state index in [9.17, 15) is 0 Å². The van der Waals surface area contributed by atoms with E-state index in [0.717, 1.165) is 11.4 Å². The lowest BCUT2D eigenvalue weighted by Crippen LogP contribution is -2.07. The van der Waals surface area contributed by atoms with Gasteiger partial charge in [0.2, 0.25) is 5.95 Å². The first-order valence-corrected chi connectivity index (χ1v) is 4.94. The van der Waals surface area contributed by atoms with Gasteiger partial charge in [0.1, 0.15) is 0 Å². The average Bonchev–Trinajstić information content (AvgIpc) is 2.80. The van der Waals surface area contributed by atoms with Crippen LogP contribution in [0, 0.1) is 0 Å². The molecular weight excluding hydrogens is 202 g/mol. The molecule has 0 fully saturated rings. The topological polar surface area (TPSA) is 56.6 Å². The number of nitrogens with zero attached hydrogens (tertiary/aromatic N) is 4. The van der Waals surface area contributed by atoms with Crippen molar-refractivity contribution in [2.45, 2.75) is 0 Å². The molecule has 16 heavy (non-hydrogen) atoms. The molecule has 1 aromatic carbocycles. The van der Waals surface area contributed by atoms with Crippen LogP contribution in [0.4, 0.5) is 17.3 Å². The fourth-order valence-electron chi connectivity index (χ4n) is 1.23. The van der Waals surface area contributed by atoms with Crippen LogP contribution in [-0.4, -0.2) is 24.1 Å². The van der Waals surface area contributed by atoms with Crippen molar-refractivity contribution in [1.82, 2.24) is 9.97 Å². The maximum absolute atomic E-state index is 4.06. The summed E-state index contributed by atoms with van der Waals surface area (Å²) >= 11 is 0. The van der Waals surface area contributed by atoms with Crippen molar-refractivity contribution in [2.75, 3.05) is 19.0 Å². The van der Waals surface area contributed by atoms with E-state index >= 15 is 0 Å². The van der Waals surface area contributed by atoms with Crippen LogP contribution in [0.15, 0.2) is 46.9 Å². The molecule has 1 N–H and O–H groups in total. The van der Waals surface area contributed by atoms with Gasteiger partial charge in [0.25, 0.3) is 0 Å². The summed E-state index contributed by atoms with van der Waals surface area (Å²) in [6.07, 6.45) is 3.35. The summed E-state index contributed by atoms with van der Waals surface area (Å²) in [6.45, 7) is 0. The van der Waals surface area contributed by atoms with E-state index in [1.807, 2.05) is 43.3 Å². The number of rotatable bonds is 3. The molecule has 2 aromatic rings. The first-order chi connectivity index (χ1) is 7.75. The molecule has 0 amide bonds. The van der Waals surface area contributed by atoms with Crippen LogP contribution in [0.5, 0.6) is 0 Å². The van der Waals surface area contributed by atoms with Gasteiger partial charge < -0.3 is 9.88 Å². The number of benzene rings is 1. The van der Waals surface area contributed by atoms with Crippen molar-refractivity contribution in [2.24, 2.45) is 10.2 Å². The Bertz CT molecular complexity index is 456. The van der Waals surface area contributed by atoms with Gasteiger partial charge in [0.15, 0.2) is 0 Å². The molecular formula is C11H13N5. The second-order valence-electron chi connectivity index (χ2n) is 3.52. The number of aromatic nitrogens is 2. The minimum Gasteiger partial charge on any atom is -0.378 e. The molecule has 1 heterocycles. The van der Waals surface area contributed by atoms with E-state index in [1.54, 1.807) is 12.4 Å². The van der Waals surface area contributed by atoms with Crippen LogP contribution in [0.25, 0.3) is 0 Å². The van der Waals surface area contributed by atoms with E-state index in [-0.39, 0.29) is 0 Å². The largest absolute Gasteiger partial charge is 0.378 e. The standard InChI is InChI=1S/C11H13N5/c1-16(2)10-5-3-9(4-6-10)14-15-11-12-7-8-13-11/h3-8H,1-2H3,(H,12,13)/b15-14+. The summed E-state index contributed by atoms with van der Waals surface area (Å²) in [5.74, 6) is 0.511. The maximum atomic E-state index is 4.06. The number of H-pyrrole nitrogens is 1. The Morgan fingerprint density at radius 1 is 1.12 bits per heavy atom. The van der Waals surface area contributed by atoms with Crippen molar-refractivity contribution in [3.05, 3.63) is 36.7 Å². The van der Waals surface area contributed by atoms with Crippen molar-refractivity contribution in [3.63, 3.8) is 0 Å². The minimum atomic E-state index is 0.511. The molecule has 0 atom stereocenters. The molecule has 5 heteroatoms. The van der Waals surface area contributed by atoms with Crippen LogP contribution < -0.4 is 4.90 Å². The number of nitrogens with one attached hydrogen (secondary N) is 1. The molecule has 0 aliphatic heterocycles. The summed E-state index contributed by atoms with van der Waals surface area (Å²) in [5, 5.41) is 8.02. The highest BCUT2D eigenvalue weighted by Gasteiger charge is 1.95. The maximum Gasteiger partial charge on any atom is 0.246 e. The number of azo groups is 1. The highest BCUT2D eigenvalue weighted by Crippen LogP contribution is 2.19. The SMILES string of the molecule is CN(C)c1ccc(/N=N/c2ncc[nH]2)cc1. The van der Waals surface area contributed by atoms with Gasteiger partial charge in [-0.3, -0.25) is 0 Å². The first kappa shape index (κ1) is 10.4. The number of aromatic amines is 1. The molecule has 82 valence electrons. The van der Waals surface area contributed by atoms with Gasteiger partial charge in [-0.2, -0.15) is 0 Å². The van der Waals surface area contributed by atoms with E-state index in [1.165, 1.54) is 0 Å². The zero-order chi connectivity index (χ0) is 11.4. The molecule has 0 aliphatic rings. The second-order valence-corrected chi connectivity index (χ2v) is 3.52. The van der Waals surface area contributed by atoms with Gasteiger partial charge in [0.05, 0.1) is 5.69 Å². The molecule has 2 rings (SSSR count). The number of hydrogen-bond acceptors (Lipinski definition) is 4. The van der Waals surface area contributed by atoms with Gasteiger partial charge in [-0.1, -0.05) is 0 Å². The van der Waals surface area contributed by atoms with Crippen LogP contribution >= 0.6 is 0 Å². The Hall–Kier alpha value is -2.17. The fourth-order valence-corrected chi connectivity index (χ4v) is 1.23. The lowest BCUT2D eigenvalue weighted by Gasteiger charge is -2.11. The number of imidazole rings is 1. The van der Waals surface area contributed by atoms with E-state index < -0.39 is 0 Å². The van der Waals surface area contributed by atoms with Crippen LogP contribution in [0.1, 0.15) is 0 Å². The van der Waals surface area contributed by atoms with Crippen LogP contribution in [0.2, 0.25) is 0 Å². The first-order valence-electron chi connectivity index (χ1n) is 4.94. The summed E-state index contributed by atoms with van der Waals surface area (Å²) in [5.41, 5.74) is 1.94. The van der Waals surface area contributed by atoms with E-state index in [4.69, 9.17) is 0 Å². The Balaban J connectivity index is 2.11.